The highest BCUT2D eigenvalue weighted by Crippen LogP contribution is 2.36. The predicted molar refractivity (Wildman–Crippen MR) is 157 cm³/mol. The van der Waals surface area contributed by atoms with Crippen LogP contribution < -0.4 is 0 Å². The fraction of sp³-hybridized carbons (Fsp3) is 0.0857. The normalized spacial score (nSPS) is 11.1. The Morgan fingerprint density at radius 2 is 0.929 bits per heavy atom. The summed E-state index contributed by atoms with van der Waals surface area (Å²) in [7, 11) is 0. The van der Waals surface area contributed by atoms with Gasteiger partial charge in [0.1, 0.15) is 11.6 Å². The Balaban J connectivity index is 1.56. The molecule has 210 valence electrons. The molecule has 0 saturated carbocycles. The van der Waals surface area contributed by atoms with Gasteiger partial charge in [-0.25, -0.2) is 4.39 Å². The fourth-order valence-electron chi connectivity index (χ4n) is 4.66. The molecule has 5 nitrogen and oxygen atoms in total. The van der Waals surface area contributed by atoms with Crippen molar-refractivity contribution in [3.8, 4) is 5.75 Å². The summed E-state index contributed by atoms with van der Waals surface area (Å²) in [5.41, 5.74) is 2.23. The van der Waals surface area contributed by atoms with Crippen molar-refractivity contribution in [1.82, 2.24) is 0 Å². The number of rotatable bonds is 9. The van der Waals surface area contributed by atoms with Gasteiger partial charge in [-0.3, -0.25) is 9.59 Å². The van der Waals surface area contributed by atoms with Gasteiger partial charge in [0.25, 0.3) is 0 Å². The van der Waals surface area contributed by atoms with Gasteiger partial charge in [0, 0.05) is 11.6 Å². The van der Waals surface area contributed by atoms with Gasteiger partial charge in [0.05, 0.1) is 5.02 Å². The van der Waals surface area contributed by atoms with E-state index in [1.54, 1.807) is 97.1 Å². The number of hydrogen-bond acceptors (Lipinski definition) is 5. The molecule has 7 heteroatoms. The minimum absolute atomic E-state index is 0.234. The van der Waals surface area contributed by atoms with Crippen LogP contribution in [0.3, 0.4) is 0 Å². The second kappa shape index (κ2) is 13.1. The molecule has 0 heterocycles. The molecule has 0 aliphatic carbocycles. The lowest BCUT2D eigenvalue weighted by Gasteiger charge is -2.25. The summed E-state index contributed by atoms with van der Waals surface area (Å²) in [5.74, 6) is -5.48. The van der Waals surface area contributed by atoms with Gasteiger partial charge in [-0.2, -0.15) is 0 Å². The summed E-state index contributed by atoms with van der Waals surface area (Å²) in [6, 6.07) is 37.8. The third-order valence-corrected chi connectivity index (χ3v) is 7.03. The average molecular weight is 581 g/mol. The maximum Gasteiger partial charge on any atom is 0.325 e. The Labute approximate surface area is 247 Å². The van der Waals surface area contributed by atoms with Gasteiger partial charge < -0.3 is 14.6 Å². The first-order valence-corrected chi connectivity index (χ1v) is 13.6. The molecule has 0 aliphatic heterocycles. The van der Waals surface area contributed by atoms with Gasteiger partial charge >= 0.3 is 11.9 Å². The second-order valence-electron chi connectivity index (χ2n) is 9.53. The van der Waals surface area contributed by atoms with Crippen molar-refractivity contribution in [2.24, 2.45) is 0 Å². The monoisotopic (exact) mass is 580 g/mol. The Hall–Kier alpha value is -4.94. The summed E-state index contributed by atoms with van der Waals surface area (Å²) >= 11 is 6.11. The number of aromatic hydroxyl groups is 1. The number of ether oxygens (including phenoxy) is 2. The maximum atomic E-state index is 15.3. The van der Waals surface area contributed by atoms with E-state index in [0.717, 1.165) is 12.1 Å². The summed E-state index contributed by atoms with van der Waals surface area (Å²) in [4.78, 5) is 27.9. The number of esters is 2. The van der Waals surface area contributed by atoms with E-state index in [4.69, 9.17) is 21.1 Å². The van der Waals surface area contributed by atoms with Gasteiger partial charge in [-0.1, -0.05) is 133 Å². The summed E-state index contributed by atoms with van der Waals surface area (Å²) in [6.07, 6.45) is -1.80. The molecular formula is C35H26ClFO5. The van der Waals surface area contributed by atoms with Crippen molar-refractivity contribution in [2.75, 3.05) is 0 Å². The van der Waals surface area contributed by atoms with Gasteiger partial charge in [-0.05, 0) is 28.3 Å². The molecular weight excluding hydrogens is 555 g/mol. The van der Waals surface area contributed by atoms with Crippen LogP contribution in [0.5, 0.6) is 5.75 Å². The summed E-state index contributed by atoms with van der Waals surface area (Å²) in [5, 5.41) is 9.73. The van der Waals surface area contributed by atoms with E-state index in [9.17, 15) is 14.7 Å². The van der Waals surface area contributed by atoms with E-state index in [0.29, 0.717) is 22.3 Å². The highest BCUT2D eigenvalue weighted by molar-refractivity contribution is 6.32. The second-order valence-corrected chi connectivity index (χ2v) is 9.94. The zero-order chi connectivity index (χ0) is 29.5. The summed E-state index contributed by atoms with van der Waals surface area (Å²) in [6.45, 7) is 0. The van der Waals surface area contributed by atoms with Crippen LogP contribution in [0, 0.1) is 5.82 Å². The lowest BCUT2D eigenvalue weighted by molar-refractivity contribution is -0.162. The lowest BCUT2D eigenvalue weighted by atomic mass is 9.96. The molecule has 0 saturated heterocycles. The van der Waals surface area contributed by atoms with Crippen LogP contribution in [0.4, 0.5) is 4.39 Å². The van der Waals surface area contributed by atoms with E-state index in [1.165, 1.54) is 0 Å². The number of phenolic OH excluding ortho intramolecular Hbond substituents is 1. The first-order valence-electron chi connectivity index (χ1n) is 13.2. The maximum absolute atomic E-state index is 15.3. The van der Waals surface area contributed by atoms with Crippen molar-refractivity contribution in [1.29, 1.82) is 0 Å². The molecule has 0 aliphatic rings. The SMILES string of the molecule is O=C(OC(c1ccccc1)c1ccccc1)C(C(=O)OC(c1ccccc1)c1ccccc1)c1cc(Cl)c(O)cc1F. The number of carbonyl (C=O) groups is 2. The molecule has 0 unspecified atom stereocenters. The van der Waals surface area contributed by atoms with E-state index in [1.807, 2.05) is 24.3 Å². The molecule has 0 spiro atoms. The van der Waals surface area contributed by atoms with E-state index in [2.05, 4.69) is 0 Å². The van der Waals surface area contributed by atoms with Crippen LogP contribution >= 0.6 is 11.6 Å². The van der Waals surface area contributed by atoms with Gasteiger partial charge in [-0.15, -0.1) is 0 Å². The van der Waals surface area contributed by atoms with Crippen molar-refractivity contribution < 1.29 is 28.6 Å². The average Bonchev–Trinajstić information content (AvgIpc) is 3.03. The Bertz CT molecular complexity index is 1470. The van der Waals surface area contributed by atoms with Gasteiger partial charge in [0.2, 0.25) is 0 Å². The van der Waals surface area contributed by atoms with Crippen molar-refractivity contribution in [2.45, 2.75) is 18.1 Å². The lowest BCUT2D eigenvalue weighted by Crippen LogP contribution is -2.29. The first-order chi connectivity index (χ1) is 20.4. The fourth-order valence-corrected chi connectivity index (χ4v) is 4.83. The molecule has 0 bridgehead atoms. The Morgan fingerprint density at radius 1 is 0.595 bits per heavy atom. The molecule has 42 heavy (non-hydrogen) atoms. The Kier molecular flexibility index (Phi) is 8.95. The molecule has 0 amide bonds. The number of halogens is 2. The molecule has 0 aromatic heterocycles. The number of benzene rings is 5. The number of hydrogen-bond donors (Lipinski definition) is 1. The first kappa shape index (κ1) is 28.6. The third-order valence-electron chi connectivity index (χ3n) is 6.73. The van der Waals surface area contributed by atoms with Crippen LogP contribution in [-0.2, 0) is 19.1 Å². The number of phenols is 1. The van der Waals surface area contributed by atoms with Crippen molar-refractivity contribution in [3.05, 3.63) is 172 Å². The topological polar surface area (TPSA) is 72.8 Å². The van der Waals surface area contributed by atoms with Crippen molar-refractivity contribution in [3.63, 3.8) is 0 Å². The van der Waals surface area contributed by atoms with E-state index >= 15 is 4.39 Å². The standard InChI is InChI=1S/C35H26ClFO5/c36-28-21-27(29(37)22-30(28)38)31(34(39)41-32(23-13-5-1-6-14-23)24-15-7-2-8-16-24)35(40)42-33(25-17-9-3-10-18-25)26-19-11-4-12-20-26/h1-22,31-33,38H. The Morgan fingerprint density at radius 3 is 1.26 bits per heavy atom. The smallest absolute Gasteiger partial charge is 0.325 e. The molecule has 5 aromatic rings. The quantitative estimate of drug-likeness (QED) is 0.142. The molecule has 5 rings (SSSR count). The zero-order valence-corrected chi connectivity index (χ0v) is 23.0. The largest absolute Gasteiger partial charge is 0.506 e. The molecule has 0 radical (unpaired) electrons. The minimum atomic E-state index is -1.85. The van der Waals surface area contributed by atoms with E-state index in [-0.39, 0.29) is 10.6 Å². The highest BCUT2D eigenvalue weighted by atomic mass is 35.5. The van der Waals surface area contributed by atoms with E-state index < -0.39 is 41.6 Å². The predicted octanol–water partition coefficient (Wildman–Crippen LogP) is 7.93. The zero-order valence-electron chi connectivity index (χ0n) is 22.3. The molecule has 0 fully saturated rings. The van der Waals surface area contributed by atoms with Crippen LogP contribution in [0.2, 0.25) is 5.02 Å². The molecule has 0 atom stereocenters. The minimum Gasteiger partial charge on any atom is -0.506 e. The van der Waals surface area contributed by atoms with Crippen LogP contribution in [-0.4, -0.2) is 17.0 Å². The summed E-state index contributed by atoms with van der Waals surface area (Å²) < 4.78 is 27.3. The van der Waals surface area contributed by atoms with Crippen LogP contribution in [0.25, 0.3) is 0 Å². The third kappa shape index (κ3) is 6.51. The number of carbonyl (C=O) groups excluding carboxylic acids is 2. The van der Waals surface area contributed by atoms with Crippen LogP contribution in [0.15, 0.2) is 133 Å². The highest BCUT2D eigenvalue weighted by Gasteiger charge is 2.38. The van der Waals surface area contributed by atoms with Gasteiger partial charge in [0.15, 0.2) is 18.1 Å². The van der Waals surface area contributed by atoms with Crippen LogP contribution in [0.1, 0.15) is 45.9 Å². The molecule has 1 N–H and O–H groups in total. The van der Waals surface area contributed by atoms with Crippen molar-refractivity contribution >= 4 is 23.5 Å². The molecule has 5 aromatic carbocycles.